The largest absolute Gasteiger partial charge is 0.348 e. The quantitative estimate of drug-likeness (QED) is 0.135. The molecule has 4 N–H and O–H groups in total. The Labute approximate surface area is 281 Å². The van der Waals surface area contributed by atoms with Gasteiger partial charge in [0.25, 0.3) is 11.8 Å². The van der Waals surface area contributed by atoms with E-state index in [0.29, 0.717) is 30.5 Å². The van der Waals surface area contributed by atoms with Crippen molar-refractivity contribution in [1.29, 1.82) is 0 Å². The van der Waals surface area contributed by atoms with Gasteiger partial charge >= 0.3 is 0 Å². The van der Waals surface area contributed by atoms with Gasteiger partial charge < -0.3 is 21.3 Å². The van der Waals surface area contributed by atoms with Crippen molar-refractivity contribution >= 4 is 39.4 Å². The first-order valence-electron chi connectivity index (χ1n) is 16.1. The maximum atomic E-state index is 13.5. The number of hydrogen-bond donors (Lipinski definition) is 4. The SMILES string of the molecule is CCCCC(=O)[C@@H](NC(=O)[C@H](C)NC[C@H](Cc1ccccc1)NC(=O)c1cccc(C(=O)N[C@H](C)c2ccc(Br)cc2)c1)C(C)C. The molecule has 0 bridgehead atoms. The Morgan fingerprint density at radius 3 is 2.00 bits per heavy atom. The van der Waals surface area contributed by atoms with Crippen molar-refractivity contribution in [3.8, 4) is 0 Å². The normalized spacial score (nSPS) is 13.7. The number of ketones is 1. The van der Waals surface area contributed by atoms with Crippen LogP contribution in [0.25, 0.3) is 0 Å². The summed E-state index contributed by atoms with van der Waals surface area (Å²) in [4.78, 5) is 52.3. The maximum Gasteiger partial charge on any atom is 0.251 e. The van der Waals surface area contributed by atoms with E-state index in [9.17, 15) is 19.2 Å². The van der Waals surface area contributed by atoms with Gasteiger partial charge in [-0.05, 0) is 74.1 Å². The number of rotatable bonds is 17. The number of amides is 3. The molecule has 3 amide bonds. The lowest BCUT2D eigenvalue weighted by molar-refractivity contribution is -0.129. The summed E-state index contributed by atoms with van der Waals surface area (Å²) in [6.07, 6.45) is 2.69. The Morgan fingerprint density at radius 1 is 0.761 bits per heavy atom. The highest BCUT2D eigenvalue weighted by Gasteiger charge is 2.26. The van der Waals surface area contributed by atoms with Gasteiger partial charge in [0.2, 0.25) is 5.91 Å². The molecule has 46 heavy (non-hydrogen) atoms. The average molecular weight is 692 g/mol. The molecule has 3 aromatic rings. The number of carbonyl (C=O) groups is 4. The fraction of sp³-hybridized carbons (Fsp3) is 0.405. The van der Waals surface area contributed by atoms with Crippen LogP contribution in [0.1, 0.15) is 91.8 Å². The molecule has 0 aromatic heterocycles. The van der Waals surface area contributed by atoms with E-state index < -0.39 is 12.1 Å². The summed E-state index contributed by atoms with van der Waals surface area (Å²) < 4.78 is 0.959. The van der Waals surface area contributed by atoms with Crippen molar-refractivity contribution in [2.45, 2.75) is 84.5 Å². The Hall–Kier alpha value is -3.82. The van der Waals surface area contributed by atoms with Crippen LogP contribution in [0.5, 0.6) is 0 Å². The second-order valence-corrected chi connectivity index (χ2v) is 13.0. The van der Waals surface area contributed by atoms with Crippen LogP contribution in [0.3, 0.4) is 0 Å². The predicted molar refractivity (Wildman–Crippen MR) is 187 cm³/mol. The number of halogens is 1. The predicted octanol–water partition coefficient (Wildman–Crippen LogP) is 6.16. The lowest BCUT2D eigenvalue weighted by Gasteiger charge is -2.25. The monoisotopic (exact) mass is 690 g/mol. The topological polar surface area (TPSA) is 116 Å². The third kappa shape index (κ3) is 11.5. The van der Waals surface area contributed by atoms with Crippen molar-refractivity contribution in [3.05, 3.63) is 106 Å². The lowest BCUT2D eigenvalue weighted by atomic mass is 9.96. The first kappa shape index (κ1) is 36.6. The summed E-state index contributed by atoms with van der Waals surface area (Å²) in [7, 11) is 0. The fourth-order valence-corrected chi connectivity index (χ4v) is 5.34. The molecule has 0 fully saturated rings. The van der Waals surface area contributed by atoms with E-state index in [-0.39, 0.29) is 41.5 Å². The maximum absolute atomic E-state index is 13.5. The minimum absolute atomic E-state index is 0.0209. The Balaban J connectivity index is 1.67. The highest BCUT2D eigenvalue weighted by Crippen LogP contribution is 2.17. The number of unbranched alkanes of at least 4 members (excludes halogenated alkanes) is 1. The van der Waals surface area contributed by atoms with E-state index in [1.54, 1.807) is 31.2 Å². The van der Waals surface area contributed by atoms with Gasteiger partial charge in [-0.3, -0.25) is 19.2 Å². The fourth-order valence-electron chi connectivity index (χ4n) is 5.07. The molecule has 3 aromatic carbocycles. The molecule has 0 saturated carbocycles. The Kier molecular flexibility index (Phi) is 14.6. The Morgan fingerprint density at radius 2 is 1.39 bits per heavy atom. The van der Waals surface area contributed by atoms with Gasteiger partial charge in [-0.15, -0.1) is 0 Å². The first-order chi connectivity index (χ1) is 22.0. The van der Waals surface area contributed by atoms with Gasteiger partial charge in [-0.1, -0.05) is 91.7 Å². The molecule has 4 atom stereocenters. The molecule has 0 saturated heterocycles. The minimum atomic E-state index is -0.588. The highest BCUT2D eigenvalue weighted by molar-refractivity contribution is 9.10. The van der Waals surface area contributed by atoms with Gasteiger partial charge in [0.15, 0.2) is 5.78 Å². The first-order valence-corrected chi connectivity index (χ1v) is 16.8. The Bertz CT molecular complexity index is 1450. The zero-order valence-electron chi connectivity index (χ0n) is 27.4. The molecular weight excluding hydrogens is 644 g/mol. The van der Waals surface area contributed by atoms with Crippen LogP contribution < -0.4 is 21.3 Å². The molecule has 0 aliphatic rings. The summed E-state index contributed by atoms with van der Waals surface area (Å²) in [5.74, 6) is -0.834. The zero-order valence-corrected chi connectivity index (χ0v) is 29.0. The summed E-state index contributed by atoms with van der Waals surface area (Å²) in [6, 6.07) is 22.5. The van der Waals surface area contributed by atoms with Crippen LogP contribution in [0.4, 0.5) is 0 Å². The molecule has 0 spiro atoms. The summed E-state index contributed by atoms with van der Waals surface area (Å²) in [5, 5.41) is 12.3. The van der Waals surface area contributed by atoms with Crippen LogP contribution in [0.15, 0.2) is 83.3 Å². The van der Waals surface area contributed by atoms with Gasteiger partial charge in [-0.2, -0.15) is 0 Å². The molecule has 3 rings (SSSR count). The summed E-state index contributed by atoms with van der Waals surface area (Å²) >= 11 is 3.43. The van der Waals surface area contributed by atoms with Crippen molar-refractivity contribution in [3.63, 3.8) is 0 Å². The van der Waals surface area contributed by atoms with Crippen LogP contribution in [0.2, 0.25) is 0 Å². The van der Waals surface area contributed by atoms with Crippen molar-refractivity contribution in [2.24, 2.45) is 5.92 Å². The number of nitrogens with one attached hydrogen (secondary N) is 4. The van der Waals surface area contributed by atoms with Gasteiger partial charge in [0.1, 0.15) is 0 Å². The zero-order chi connectivity index (χ0) is 33.6. The summed E-state index contributed by atoms with van der Waals surface area (Å²) in [5.41, 5.74) is 2.74. The molecule has 0 aliphatic carbocycles. The lowest BCUT2D eigenvalue weighted by Crippen LogP contribution is -2.53. The molecule has 9 heteroatoms. The van der Waals surface area contributed by atoms with E-state index in [4.69, 9.17) is 0 Å². The molecule has 0 aliphatic heterocycles. The molecule has 0 unspecified atom stereocenters. The average Bonchev–Trinajstić information content (AvgIpc) is 3.05. The highest BCUT2D eigenvalue weighted by atomic mass is 79.9. The molecule has 246 valence electrons. The van der Waals surface area contributed by atoms with E-state index >= 15 is 0 Å². The van der Waals surface area contributed by atoms with E-state index in [1.165, 1.54) is 0 Å². The third-order valence-electron chi connectivity index (χ3n) is 7.92. The molecular formula is C37H47BrN4O4. The smallest absolute Gasteiger partial charge is 0.251 e. The van der Waals surface area contributed by atoms with Crippen molar-refractivity contribution in [2.75, 3.05) is 6.54 Å². The minimum Gasteiger partial charge on any atom is -0.348 e. The number of hydrogen-bond acceptors (Lipinski definition) is 5. The molecule has 8 nitrogen and oxygen atoms in total. The van der Waals surface area contributed by atoms with Gasteiger partial charge in [0.05, 0.1) is 18.1 Å². The van der Waals surface area contributed by atoms with Crippen molar-refractivity contribution < 1.29 is 19.2 Å². The van der Waals surface area contributed by atoms with Crippen LogP contribution in [-0.2, 0) is 16.0 Å². The van der Waals surface area contributed by atoms with Gasteiger partial charge in [-0.25, -0.2) is 0 Å². The second-order valence-electron chi connectivity index (χ2n) is 12.1. The van der Waals surface area contributed by atoms with E-state index in [2.05, 4.69) is 37.2 Å². The number of carbonyl (C=O) groups excluding carboxylic acids is 4. The second kappa shape index (κ2) is 18.4. The van der Waals surface area contributed by atoms with Crippen LogP contribution in [-0.4, -0.2) is 48.2 Å². The van der Waals surface area contributed by atoms with E-state index in [0.717, 1.165) is 28.4 Å². The third-order valence-corrected chi connectivity index (χ3v) is 8.45. The molecule has 0 heterocycles. The van der Waals surface area contributed by atoms with Crippen molar-refractivity contribution in [1.82, 2.24) is 21.3 Å². The van der Waals surface area contributed by atoms with Gasteiger partial charge in [0, 0.05) is 34.6 Å². The van der Waals surface area contributed by atoms with Crippen LogP contribution in [0, 0.1) is 5.92 Å². The summed E-state index contributed by atoms with van der Waals surface area (Å²) in [6.45, 7) is 9.87. The van der Waals surface area contributed by atoms with E-state index in [1.807, 2.05) is 82.3 Å². The molecule has 0 radical (unpaired) electrons. The standard InChI is InChI=1S/C37H47BrN4O4/c1-6-7-16-33(43)34(24(2)3)42-35(44)26(5)39-23-32(21-27-12-9-8-10-13-27)41-37(46)30-15-11-14-29(22-30)36(45)40-25(4)28-17-19-31(38)20-18-28/h8-15,17-20,22,24-26,32,34,39H,6-7,16,21,23H2,1-5H3,(H,40,45)(H,41,46)(H,42,44)/t25-,26+,32+,34+/m1/s1. The van der Waals surface area contributed by atoms with Crippen LogP contribution >= 0.6 is 15.9 Å². The number of Topliss-reactive ketones (excluding diaryl/α,β-unsaturated/α-hetero) is 1. The number of benzene rings is 3.